The summed E-state index contributed by atoms with van der Waals surface area (Å²) in [6.07, 6.45) is 1.09. The normalized spacial score (nSPS) is 15.7. The van der Waals surface area contributed by atoms with Crippen LogP contribution in [0.15, 0.2) is 41.3 Å². The Balaban J connectivity index is 1.80. The van der Waals surface area contributed by atoms with Crippen molar-refractivity contribution >= 4 is 10.9 Å². The van der Waals surface area contributed by atoms with Crippen LogP contribution in [0.4, 0.5) is 13.2 Å². The number of alkyl halides is 3. The van der Waals surface area contributed by atoms with Gasteiger partial charge in [0.25, 0.3) is 5.56 Å². The molecule has 0 amide bonds. The number of aromatic nitrogens is 3. The number of rotatable bonds is 3. The van der Waals surface area contributed by atoms with Crippen LogP contribution < -0.4 is 10.3 Å². The number of H-pyrrole nitrogens is 1. The van der Waals surface area contributed by atoms with E-state index in [1.165, 1.54) is 24.3 Å². The van der Waals surface area contributed by atoms with Crippen molar-refractivity contribution in [2.75, 3.05) is 0 Å². The highest BCUT2D eigenvalue weighted by Gasteiger charge is 2.31. The van der Waals surface area contributed by atoms with Crippen molar-refractivity contribution in [3.8, 4) is 17.0 Å². The fourth-order valence-corrected chi connectivity index (χ4v) is 3.54. The average molecular weight is 363 g/mol. The Hall–Kier alpha value is -2.77. The number of benzene rings is 1. The monoisotopic (exact) mass is 363 g/mol. The lowest BCUT2D eigenvalue weighted by Crippen LogP contribution is -2.16. The summed E-state index contributed by atoms with van der Waals surface area (Å²) in [7, 11) is 0. The van der Waals surface area contributed by atoms with Crippen LogP contribution in [0.5, 0.6) is 5.75 Å². The van der Waals surface area contributed by atoms with Crippen molar-refractivity contribution < 1.29 is 17.9 Å². The van der Waals surface area contributed by atoms with Crippen molar-refractivity contribution in [3.63, 3.8) is 0 Å². The first kappa shape index (κ1) is 16.7. The van der Waals surface area contributed by atoms with Crippen molar-refractivity contribution in [1.29, 1.82) is 0 Å². The highest BCUT2D eigenvalue weighted by molar-refractivity contribution is 5.92. The van der Waals surface area contributed by atoms with Crippen LogP contribution in [-0.2, 0) is 0 Å². The zero-order valence-electron chi connectivity index (χ0n) is 13.7. The Morgan fingerprint density at radius 2 is 1.81 bits per heavy atom. The Morgan fingerprint density at radius 3 is 2.46 bits per heavy atom. The first-order valence-electron chi connectivity index (χ1n) is 8.38. The minimum atomic E-state index is -4.74. The fraction of sp³-hybridized carbons (Fsp3) is 0.333. The van der Waals surface area contributed by atoms with E-state index in [0.717, 1.165) is 31.2 Å². The van der Waals surface area contributed by atoms with Gasteiger partial charge in [-0.1, -0.05) is 12.8 Å². The van der Waals surface area contributed by atoms with Crippen LogP contribution in [0.2, 0.25) is 0 Å². The number of nitrogens with one attached hydrogen (secondary N) is 1. The Labute approximate surface area is 146 Å². The second-order valence-corrected chi connectivity index (χ2v) is 6.37. The lowest BCUT2D eigenvalue weighted by molar-refractivity contribution is -0.274. The Morgan fingerprint density at radius 1 is 1.12 bits per heavy atom. The largest absolute Gasteiger partial charge is 0.573 e. The van der Waals surface area contributed by atoms with Gasteiger partial charge in [0.15, 0.2) is 0 Å². The highest BCUT2D eigenvalue weighted by Crippen LogP contribution is 2.35. The molecule has 1 saturated carbocycles. The third-order valence-electron chi connectivity index (χ3n) is 4.66. The summed E-state index contributed by atoms with van der Waals surface area (Å²) in [5.41, 5.74) is 1.51. The van der Waals surface area contributed by atoms with Gasteiger partial charge in [0, 0.05) is 11.8 Å². The number of nitrogens with zero attached hydrogens (tertiary/aromatic N) is 2. The number of hydrogen-bond donors (Lipinski definition) is 1. The van der Waals surface area contributed by atoms with Crippen molar-refractivity contribution in [1.82, 2.24) is 14.8 Å². The number of ether oxygens (including phenoxy) is 1. The van der Waals surface area contributed by atoms with Gasteiger partial charge >= 0.3 is 6.36 Å². The summed E-state index contributed by atoms with van der Waals surface area (Å²) in [5.74, 6) is -0.310. The van der Waals surface area contributed by atoms with Crippen molar-refractivity contribution in [2.45, 2.75) is 38.1 Å². The smallest absolute Gasteiger partial charge is 0.406 e. The van der Waals surface area contributed by atoms with Crippen LogP contribution in [0.1, 0.15) is 31.7 Å². The maximum Gasteiger partial charge on any atom is 0.573 e. The van der Waals surface area contributed by atoms with Gasteiger partial charge in [-0.2, -0.15) is 5.10 Å². The van der Waals surface area contributed by atoms with E-state index in [1.54, 1.807) is 6.20 Å². The van der Waals surface area contributed by atoms with Gasteiger partial charge in [0.1, 0.15) is 11.4 Å². The topological polar surface area (TPSA) is 59.9 Å². The third-order valence-corrected chi connectivity index (χ3v) is 4.66. The van der Waals surface area contributed by atoms with E-state index in [0.29, 0.717) is 16.6 Å². The minimum absolute atomic E-state index is 0.237. The van der Waals surface area contributed by atoms with Gasteiger partial charge in [0.05, 0.1) is 16.9 Å². The van der Waals surface area contributed by atoms with Gasteiger partial charge in [-0.15, -0.1) is 13.2 Å². The minimum Gasteiger partial charge on any atom is -0.406 e. The number of hydrogen-bond acceptors (Lipinski definition) is 3. The number of pyridine rings is 1. The molecule has 2 heterocycles. The molecule has 4 rings (SSSR count). The summed E-state index contributed by atoms with van der Waals surface area (Å²) < 4.78 is 42.7. The zero-order valence-corrected chi connectivity index (χ0v) is 13.7. The molecule has 1 aliphatic carbocycles. The first-order chi connectivity index (χ1) is 12.4. The Bertz CT molecular complexity index is 984. The van der Waals surface area contributed by atoms with Crippen molar-refractivity contribution in [2.24, 2.45) is 0 Å². The van der Waals surface area contributed by atoms with Crippen LogP contribution >= 0.6 is 0 Å². The molecule has 0 bridgehead atoms. The summed E-state index contributed by atoms with van der Waals surface area (Å²) >= 11 is 0. The molecule has 5 nitrogen and oxygen atoms in total. The molecule has 136 valence electrons. The van der Waals surface area contributed by atoms with E-state index in [9.17, 15) is 18.0 Å². The van der Waals surface area contributed by atoms with E-state index in [1.807, 2.05) is 10.7 Å². The number of halogens is 3. The predicted octanol–water partition coefficient (Wildman–Crippen LogP) is 4.41. The van der Waals surface area contributed by atoms with Gasteiger partial charge < -0.3 is 9.72 Å². The second-order valence-electron chi connectivity index (χ2n) is 6.37. The third kappa shape index (κ3) is 3.07. The van der Waals surface area contributed by atoms with E-state index < -0.39 is 6.36 Å². The van der Waals surface area contributed by atoms with Crippen LogP contribution in [0.25, 0.3) is 22.2 Å². The Kier molecular flexibility index (Phi) is 3.97. The second kappa shape index (κ2) is 6.19. The molecule has 0 radical (unpaired) electrons. The number of fused-ring (bicyclic) bond motifs is 1. The fourth-order valence-electron chi connectivity index (χ4n) is 3.54. The van der Waals surface area contributed by atoms with E-state index in [-0.39, 0.29) is 17.4 Å². The van der Waals surface area contributed by atoms with E-state index in [4.69, 9.17) is 0 Å². The van der Waals surface area contributed by atoms with Crippen LogP contribution in [-0.4, -0.2) is 21.1 Å². The van der Waals surface area contributed by atoms with E-state index >= 15 is 0 Å². The van der Waals surface area contributed by atoms with Gasteiger partial charge in [-0.05, 0) is 43.2 Å². The van der Waals surface area contributed by atoms with Gasteiger partial charge in [-0.25, -0.2) is 0 Å². The summed E-state index contributed by atoms with van der Waals surface area (Å²) in [6.45, 7) is 0. The SMILES string of the molecule is O=c1[nH]ccc2c1c(-c1ccc(OC(F)(F)F)cc1)nn2C1CCCC1. The molecule has 0 aliphatic heterocycles. The average Bonchev–Trinajstić information content (AvgIpc) is 3.22. The van der Waals surface area contributed by atoms with Gasteiger partial charge in [0.2, 0.25) is 0 Å². The quantitative estimate of drug-likeness (QED) is 0.750. The lowest BCUT2D eigenvalue weighted by atomic mass is 10.1. The molecule has 1 aliphatic rings. The maximum absolute atomic E-state index is 12.4. The van der Waals surface area contributed by atoms with Crippen LogP contribution in [0, 0.1) is 0 Å². The number of aromatic amines is 1. The molecule has 0 unspecified atom stereocenters. The molecule has 0 saturated heterocycles. The molecule has 1 aromatic carbocycles. The molecule has 1 fully saturated rings. The molecule has 8 heteroatoms. The summed E-state index contributed by atoms with van der Waals surface area (Å²) in [4.78, 5) is 15.0. The standard InChI is InChI=1S/C18H16F3N3O2/c19-18(20,21)26-13-7-5-11(6-8-13)16-15-14(9-10-22-17(15)25)24(23-16)12-3-1-2-4-12/h5-10,12H,1-4H2,(H,22,25). The predicted molar refractivity (Wildman–Crippen MR) is 90.0 cm³/mol. The van der Waals surface area contributed by atoms with Crippen molar-refractivity contribution in [3.05, 3.63) is 46.9 Å². The first-order valence-corrected chi connectivity index (χ1v) is 8.38. The van der Waals surface area contributed by atoms with E-state index in [2.05, 4.69) is 14.8 Å². The van der Waals surface area contributed by atoms with Crippen LogP contribution in [0.3, 0.4) is 0 Å². The summed E-state index contributed by atoms with van der Waals surface area (Å²) in [6, 6.07) is 7.46. The summed E-state index contributed by atoms with van der Waals surface area (Å²) in [5, 5.41) is 5.09. The molecule has 1 N–H and O–H groups in total. The molecular formula is C18H16F3N3O2. The molecule has 0 spiro atoms. The lowest BCUT2D eigenvalue weighted by Gasteiger charge is -2.11. The highest BCUT2D eigenvalue weighted by atomic mass is 19.4. The molecule has 2 aromatic heterocycles. The molecule has 26 heavy (non-hydrogen) atoms. The van der Waals surface area contributed by atoms with Gasteiger partial charge in [-0.3, -0.25) is 9.48 Å². The zero-order chi connectivity index (χ0) is 18.3. The molecule has 0 atom stereocenters. The molecular weight excluding hydrogens is 347 g/mol. The maximum atomic E-state index is 12.4. The molecule has 3 aromatic rings.